The first kappa shape index (κ1) is 17.6. The Labute approximate surface area is 133 Å². The number of rotatable bonds is 4. The highest BCUT2D eigenvalue weighted by Gasteiger charge is 2.31. The third-order valence-corrected chi connectivity index (χ3v) is 5.37. The van der Waals surface area contributed by atoms with Crippen molar-refractivity contribution >= 4 is 16.1 Å². The van der Waals surface area contributed by atoms with Crippen molar-refractivity contribution in [2.45, 2.75) is 30.7 Å². The van der Waals surface area contributed by atoms with Gasteiger partial charge in [-0.15, -0.1) is 0 Å². The molecule has 2 rings (SSSR count). The summed E-state index contributed by atoms with van der Waals surface area (Å²) in [4.78, 5) is 11.1. The van der Waals surface area contributed by atoms with Crippen LogP contribution in [-0.4, -0.2) is 44.6 Å². The lowest BCUT2D eigenvalue weighted by molar-refractivity contribution is 0.142. The molecule has 1 aliphatic heterocycles. The van der Waals surface area contributed by atoms with Gasteiger partial charge >= 0.3 is 6.09 Å². The first-order chi connectivity index (χ1) is 10.8. The molecular weight excluding hydrogens is 330 g/mol. The van der Waals surface area contributed by atoms with Crippen molar-refractivity contribution in [3.05, 3.63) is 29.8 Å². The number of halogens is 2. The number of benzene rings is 1. The van der Waals surface area contributed by atoms with Gasteiger partial charge in [0.05, 0.1) is 11.5 Å². The molecule has 1 amide bonds. The lowest BCUT2D eigenvalue weighted by Crippen LogP contribution is -2.49. The molecule has 128 valence electrons. The first-order valence-electron chi connectivity index (χ1n) is 7.23. The van der Waals surface area contributed by atoms with Crippen molar-refractivity contribution in [2.75, 3.05) is 19.7 Å². The molecule has 1 aromatic carbocycles. The molecule has 1 fully saturated rings. The predicted molar refractivity (Wildman–Crippen MR) is 78.3 cm³/mol. The third kappa shape index (κ3) is 4.17. The van der Waals surface area contributed by atoms with Crippen LogP contribution >= 0.6 is 0 Å². The number of carbonyl (C=O) groups is 1. The normalized spacial score (nSPS) is 19.3. The van der Waals surface area contributed by atoms with Crippen molar-refractivity contribution in [3.8, 4) is 0 Å². The van der Waals surface area contributed by atoms with Crippen LogP contribution in [0.25, 0.3) is 0 Å². The zero-order valence-electron chi connectivity index (χ0n) is 12.6. The number of piperidine rings is 1. The Morgan fingerprint density at radius 1 is 1.39 bits per heavy atom. The topological polar surface area (TPSA) is 75.7 Å². The fourth-order valence-electron chi connectivity index (χ4n) is 2.40. The fourth-order valence-corrected chi connectivity index (χ4v) is 3.94. The van der Waals surface area contributed by atoms with Crippen molar-refractivity contribution < 1.29 is 26.7 Å². The number of nitrogens with zero attached hydrogens (tertiary/aromatic N) is 1. The van der Waals surface area contributed by atoms with Crippen molar-refractivity contribution in [2.24, 2.45) is 0 Å². The molecule has 0 unspecified atom stereocenters. The molecule has 0 radical (unpaired) electrons. The number of hydrogen-bond donors (Lipinski definition) is 1. The van der Waals surface area contributed by atoms with Crippen LogP contribution in [0.2, 0.25) is 0 Å². The maximum atomic E-state index is 13.3. The molecule has 0 aromatic heterocycles. The minimum Gasteiger partial charge on any atom is -0.450 e. The average Bonchev–Trinajstić information content (AvgIpc) is 2.50. The summed E-state index contributed by atoms with van der Waals surface area (Å²) in [5.41, 5.74) is 0. The van der Waals surface area contributed by atoms with Crippen LogP contribution < -0.4 is 5.32 Å². The third-order valence-electron chi connectivity index (χ3n) is 3.51. The van der Waals surface area contributed by atoms with Crippen molar-refractivity contribution in [1.82, 2.24) is 9.62 Å². The Bertz CT molecular complexity index is 681. The summed E-state index contributed by atoms with van der Waals surface area (Å²) < 4.78 is 57.2. The molecule has 1 saturated heterocycles. The van der Waals surface area contributed by atoms with Gasteiger partial charge in [0.1, 0.15) is 0 Å². The number of sulfonamides is 1. The van der Waals surface area contributed by atoms with Gasteiger partial charge in [0.15, 0.2) is 11.6 Å². The molecule has 1 heterocycles. The van der Waals surface area contributed by atoms with Crippen LogP contribution in [0, 0.1) is 11.6 Å². The number of amides is 1. The Morgan fingerprint density at radius 3 is 2.78 bits per heavy atom. The van der Waals surface area contributed by atoms with Gasteiger partial charge in [-0.05, 0) is 38.0 Å². The minimum atomic E-state index is -3.95. The van der Waals surface area contributed by atoms with E-state index in [4.69, 9.17) is 4.74 Å². The highest BCUT2D eigenvalue weighted by molar-refractivity contribution is 7.89. The van der Waals surface area contributed by atoms with Gasteiger partial charge in [0.25, 0.3) is 0 Å². The van der Waals surface area contributed by atoms with E-state index in [1.54, 1.807) is 6.92 Å². The second kappa shape index (κ2) is 7.22. The van der Waals surface area contributed by atoms with Gasteiger partial charge in [-0.2, -0.15) is 4.31 Å². The maximum absolute atomic E-state index is 13.3. The first-order valence-corrected chi connectivity index (χ1v) is 8.67. The van der Waals surface area contributed by atoms with E-state index in [9.17, 15) is 22.0 Å². The van der Waals surface area contributed by atoms with E-state index in [0.717, 1.165) is 16.4 Å². The van der Waals surface area contributed by atoms with Crippen LogP contribution in [0.4, 0.5) is 13.6 Å². The fraction of sp³-hybridized carbons (Fsp3) is 0.500. The van der Waals surface area contributed by atoms with Crippen LogP contribution in [0.3, 0.4) is 0 Å². The molecule has 0 saturated carbocycles. The standard InChI is InChI=1S/C14H18F2N2O4S/c1-2-22-14(19)17-10-4-3-7-18(9-10)23(20,21)11-5-6-12(15)13(16)8-11/h5-6,8,10H,2-4,7,9H2,1H3,(H,17,19)/t10-/m0/s1. The zero-order valence-corrected chi connectivity index (χ0v) is 13.4. The lowest BCUT2D eigenvalue weighted by atomic mass is 10.1. The molecular formula is C14H18F2N2O4S. The summed E-state index contributed by atoms with van der Waals surface area (Å²) in [5, 5.41) is 2.59. The molecule has 0 spiro atoms. The number of nitrogens with one attached hydrogen (secondary N) is 1. The summed E-state index contributed by atoms with van der Waals surface area (Å²) in [6, 6.07) is 2.08. The SMILES string of the molecule is CCOC(=O)N[C@H]1CCCN(S(=O)(=O)c2ccc(F)c(F)c2)C1. The average molecular weight is 348 g/mol. The lowest BCUT2D eigenvalue weighted by Gasteiger charge is -2.32. The predicted octanol–water partition coefficient (Wildman–Crippen LogP) is 1.86. The molecule has 1 aromatic rings. The smallest absolute Gasteiger partial charge is 0.407 e. The van der Waals surface area contributed by atoms with Crippen LogP contribution in [-0.2, 0) is 14.8 Å². The largest absolute Gasteiger partial charge is 0.450 e. The Balaban J connectivity index is 2.12. The number of ether oxygens (including phenoxy) is 1. The Kier molecular flexibility index (Phi) is 5.53. The van der Waals surface area contributed by atoms with E-state index >= 15 is 0 Å². The summed E-state index contributed by atoms with van der Waals surface area (Å²) in [7, 11) is -3.95. The molecule has 0 bridgehead atoms. The quantitative estimate of drug-likeness (QED) is 0.901. The molecule has 0 aliphatic carbocycles. The Hall–Kier alpha value is -1.74. The molecule has 1 aliphatic rings. The second-order valence-corrected chi connectivity index (χ2v) is 7.08. The summed E-state index contributed by atoms with van der Waals surface area (Å²) in [5.74, 6) is -2.33. The van der Waals surface area contributed by atoms with Crippen LogP contribution in [0.15, 0.2) is 23.1 Å². The summed E-state index contributed by atoms with van der Waals surface area (Å²) in [6.07, 6.45) is 0.548. The number of carbonyl (C=O) groups excluding carboxylic acids is 1. The second-order valence-electron chi connectivity index (χ2n) is 5.14. The van der Waals surface area contributed by atoms with E-state index in [-0.39, 0.29) is 30.6 Å². The van der Waals surface area contributed by atoms with Crippen molar-refractivity contribution in [1.29, 1.82) is 0 Å². The molecule has 9 heteroatoms. The molecule has 1 N–H and O–H groups in total. The van der Waals surface area contributed by atoms with E-state index in [1.807, 2.05) is 0 Å². The van der Waals surface area contributed by atoms with Gasteiger partial charge in [-0.25, -0.2) is 22.0 Å². The van der Waals surface area contributed by atoms with Crippen LogP contribution in [0.5, 0.6) is 0 Å². The monoisotopic (exact) mass is 348 g/mol. The van der Waals surface area contributed by atoms with E-state index in [0.29, 0.717) is 18.9 Å². The maximum Gasteiger partial charge on any atom is 0.407 e. The van der Waals surface area contributed by atoms with E-state index in [1.165, 1.54) is 0 Å². The highest BCUT2D eigenvalue weighted by atomic mass is 32.2. The van der Waals surface area contributed by atoms with Gasteiger partial charge in [0.2, 0.25) is 10.0 Å². The molecule has 1 atom stereocenters. The van der Waals surface area contributed by atoms with Gasteiger partial charge in [0, 0.05) is 19.1 Å². The van der Waals surface area contributed by atoms with Crippen molar-refractivity contribution in [3.63, 3.8) is 0 Å². The van der Waals surface area contributed by atoms with E-state index in [2.05, 4.69) is 5.32 Å². The molecule has 23 heavy (non-hydrogen) atoms. The highest BCUT2D eigenvalue weighted by Crippen LogP contribution is 2.22. The summed E-state index contributed by atoms with van der Waals surface area (Å²) >= 11 is 0. The number of alkyl carbamates (subject to hydrolysis) is 1. The Morgan fingerprint density at radius 2 is 2.13 bits per heavy atom. The van der Waals surface area contributed by atoms with Gasteiger partial charge in [-0.3, -0.25) is 0 Å². The zero-order chi connectivity index (χ0) is 17.0. The van der Waals surface area contributed by atoms with Gasteiger partial charge < -0.3 is 10.1 Å². The van der Waals surface area contributed by atoms with E-state index < -0.39 is 27.8 Å². The molecule has 6 nitrogen and oxygen atoms in total. The number of hydrogen-bond acceptors (Lipinski definition) is 4. The summed E-state index contributed by atoms with van der Waals surface area (Å²) in [6.45, 7) is 2.19. The van der Waals surface area contributed by atoms with Gasteiger partial charge in [-0.1, -0.05) is 0 Å². The van der Waals surface area contributed by atoms with Crippen LogP contribution in [0.1, 0.15) is 19.8 Å². The minimum absolute atomic E-state index is 0.0557.